The van der Waals surface area contributed by atoms with Crippen LogP contribution in [-0.2, 0) is 38.0 Å². The molecule has 0 saturated carbocycles. The van der Waals surface area contributed by atoms with Crippen LogP contribution >= 0.6 is 0 Å². The van der Waals surface area contributed by atoms with Gasteiger partial charge in [-0.15, -0.1) is 0 Å². The largest absolute Gasteiger partial charge is 0.462 e. The van der Waals surface area contributed by atoms with E-state index in [4.69, 9.17) is 28.4 Å². The van der Waals surface area contributed by atoms with Gasteiger partial charge in [0.15, 0.2) is 18.7 Å². The zero-order valence-electron chi connectivity index (χ0n) is 43.6. The Morgan fingerprint density at radius 2 is 0.903 bits per heavy atom. The molecule has 72 heavy (non-hydrogen) atoms. The minimum Gasteiger partial charge on any atom is -0.462 e. The molecule has 0 aromatic heterocycles. The monoisotopic (exact) mass is 1020 g/mol. The average Bonchev–Trinajstić information content (AvgIpc) is 3.37. The van der Waals surface area contributed by atoms with Crippen LogP contribution in [-0.4, -0.2) is 142 Å². The van der Waals surface area contributed by atoms with Gasteiger partial charge in [-0.2, -0.15) is 0 Å². The molecule has 0 radical (unpaired) electrons. The van der Waals surface area contributed by atoms with Crippen LogP contribution in [0.5, 0.6) is 0 Å². The first-order chi connectivity index (χ1) is 35.0. The lowest BCUT2D eigenvalue weighted by molar-refractivity contribution is -0.332. The van der Waals surface area contributed by atoms with E-state index >= 15 is 0 Å². The molecule has 0 bridgehead atoms. The van der Waals surface area contributed by atoms with E-state index < -0.39 is 99.3 Å². The van der Waals surface area contributed by atoms with Crippen LogP contribution in [0.25, 0.3) is 0 Å². The second kappa shape index (κ2) is 43.0. The number of hydrogen-bond acceptors (Lipinski definition) is 15. The highest BCUT2D eigenvalue weighted by Crippen LogP contribution is 2.26. The number of hydrogen-bond donors (Lipinski definition) is 7. The molecule has 2 aliphatic rings. The second-order valence-corrected chi connectivity index (χ2v) is 18.7. The molecule has 2 heterocycles. The number of ether oxygens (including phenoxy) is 6. The Morgan fingerprint density at radius 1 is 0.458 bits per heavy atom. The summed E-state index contributed by atoms with van der Waals surface area (Å²) in [6.45, 7) is 2.29. The van der Waals surface area contributed by atoms with Crippen molar-refractivity contribution in [3.63, 3.8) is 0 Å². The summed E-state index contributed by atoms with van der Waals surface area (Å²) in [4.78, 5) is 25.8. The summed E-state index contributed by atoms with van der Waals surface area (Å²) in [6, 6.07) is 0. The fourth-order valence-corrected chi connectivity index (χ4v) is 8.06. The van der Waals surface area contributed by atoms with Gasteiger partial charge in [-0.05, 0) is 64.2 Å². The van der Waals surface area contributed by atoms with E-state index in [0.717, 1.165) is 64.2 Å². The van der Waals surface area contributed by atoms with Gasteiger partial charge in [-0.3, -0.25) is 9.59 Å². The molecule has 2 aliphatic heterocycles. The lowest BCUT2D eigenvalue weighted by Gasteiger charge is -2.42. The third kappa shape index (κ3) is 30.1. The van der Waals surface area contributed by atoms with Gasteiger partial charge in [0, 0.05) is 12.8 Å². The normalized spacial score (nSPS) is 25.7. The molecule has 2 rings (SSSR count). The molecule has 412 valence electrons. The number of allylic oxidation sites excluding steroid dienone is 14. The minimum absolute atomic E-state index is 0.115. The van der Waals surface area contributed by atoms with Gasteiger partial charge in [-0.25, -0.2) is 0 Å². The molecule has 0 aromatic rings. The SMILES string of the molecule is CC/C=C/C=C/C=C/C=C/CCCCCC(=O)OC(COC(=O)CCCCCCCCCCCCCCC/C=C/C/C=C/C/C=C/CC)CO[C@@H]1O[C@H](CO[C@@H]2O[C@H](CO)[C@H](O)C(O)C2O)[C@H](O)C(O)C1O. The highest BCUT2D eigenvalue weighted by molar-refractivity contribution is 5.70. The second-order valence-electron chi connectivity index (χ2n) is 18.7. The van der Waals surface area contributed by atoms with Gasteiger partial charge in [-0.1, -0.05) is 176 Å². The van der Waals surface area contributed by atoms with Gasteiger partial charge < -0.3 is 64.2 Å². The fourth-order valence-electron chi connectivity index (χ4n) is 8.06. The topological polar surface area (TPSA) is 231 Å². The molecule has 15 heteroatoms. The standard InChI is InChI=1S/C57H94O15/c1-3-5-7-9-11-13-15-17-18-19-20-21-22-23-24-25-26-28-29-31-33-35-37-39-48(59)67-42-45(70-49(60)40-38-36-34-32-30-27-16-14-12-10-8-6-4-2)43-68-56-55(66)53(64)51(62)47(72-56)44-69-57-54(65)52(63)50(61)46(41-58)71-57/h5-8,10-14,16-18,27,30,45-47,50-58,61-66H,3-4,9,15,19-26,28-29,31-44H2,1-2H3/b7-5+,8-6+,12-10+,13-11+,16-14+,18-17+,30-27+/t45?,46-,47-,50+,51+,52?,53?,54?,55?,56-,57-/m1/s1. The van der Waals surface area contributed by atoms with Gasteiger partial charge in [0.25, 0.3) is 0 Å². The summed E-state index contributed by atoms with van der Waals surface area (Å²) in [5, 5.41) is 72.1. The van der Waals surface area contributed by atoms with Crippen LogP contribution in [0.4, 0.5) is 0 Å². The van der Waals surface area contributed by atoms with Crippen LogP contribution in [0, 0.1) is 0 Å². The Hall–Kier alpha value is -3.32. The molecule has 15 nitrogen and oxygen atoms in total. The third-order valence-electron chi connectivity index (χ3n) is 12.5. The van der Waals surface area contributed by atoms with E-state index in [1.165, 1.54) is 64.2 Å². The average molecular weight is 1020 g/mol. The van der Waals surface area contributed by atoms with Crippen LogP contribution in [0.1, 0.15) is 168 Å². The molecular formula is C57H94O15. The Bertz CT molecular complexity index is 1570. The number of carbonyl (C=O) groups is 2. The van der Waals surface area contributed by atoms with E-state index in [9.17, 15) is 45.3 Å². The summed E-state index contributed by atoms with van der Waals surface area (Å²) in [5.74, 6) is -0.977. The maximum absolute atomic E-state index is 13.0. The Balaban J connectivity index is 1.75. The zero-order valence-corrected chi connectivity index (χ0v) is 43.6. The Labute approximate surface area is 431 Å². The van der Waals surface area contributed by atoms with Gasteiger partial charge in [0.05, 0.1) is 19.8 Å². The smallest absolute Gasteiger partial charge is 0.306 e. The quantitative estimate of drug-likeness (QED) is 0.0132. The highest BCUT2D eigenvalue weighted by Gasteiger charge is 2.47. The van der Waals surface area contributed by atoms with Crippen molar-refractivity contribution in [3.8, 4) is 0 Å². The first-order valence-corrected chi connectivity index (χ1v) is 27.2. The predicted octanol–water partition coefficient (Wildman–Crippen LogP) is 8.38. The lowest BCUT2D eigenvalue weighted by atomic mass is 9.98. The molecule has 2 fully saturated rings. The number of aliphatic hydroxyl groups excluding tert-OH is 7. The lowest BCUT2D eigenvalue weighted by Crippen LogP contribution is -2.61. The van der Waals surface area contributed by atoms with E-state index in [-0.39, 0.29) is 19.4 Å². The van der Waals surface area contributed by atoms with Crippen molar-refractivity contribution in [1.82, 2.24) is 0 Å². The van der Waals surface area contributed by atoms with Crippen molar-refractivity contribution in [2.45, 2.75) is 235 Å². The van der Waals surface area contributed by atoms with E-state index in [2.05, 4.69) is 62.5 Å². The summed E-state index contributed by atoms with van der Waals surface area (Å²) >= 11 is 0. The van der Waals surface area contributed by atoms with Gasteiger partial charge >= 0.3 is 11.9 Å². The number of rotatable bonds is 41. The van der Waals surface area contributed by atoms with Crippen LogP contribution in [0.15, 0.2) is 85.1 Å². The van der Waals surface area contributed by atoms with Crippen molar-refractivity contribution < 1.29 is 73.8 Å². The van der Waals surface area contributed by atoms with E-state index in [0.29, 0.717) is 12.8 Å². The minimum atomic E-state index is -1.78. The predicted molar refractivity (Wildman–Crippen MR) is 279 cm³/mol. The molecule has 0 aliphatic carbocycles. The third-order valence-corrected chi connectivity index (χ3v) is 12.5. The number of aliphatic hydroxyl groups is 7. The van der Waals surface area contributed by atoms with Crippen molar-refractivity contribution in [2.75, 3.05) is 26.4 Å². The molecular weight excluding hydrogens is 925 g/mol. The fraction of sp³-hybridized carbons (Fsp3) is 0.719. The Morgan fingerprint density at radius 3 is 1.49 bits per heavy atom. The highest BCUT2D eigenvalue weighted by atomic mass is 16.7. The molecule has 7 N–H and O–H groups in total. The maximum atomic E-state index is 13.0. The molecule has 0 aromatic carbocycles. The van der Waals surface area contributed by atoms with E-state index in [1.807, 2.05) is 36.5 Å². The molecule has 2 saturated heterocycles. The van der Waals surface area contributed by atoms with Gasteiger partial charge in [0.2, 0.25) is 0 Å². The maximum Gasteiger partial charge on any atom is 0.306 e. The summed E-state index contributed by atoms with van der Waals surface area (Å²) in [6.07, 6.45) is 36.2. The molecule has 0 amide bonds. The van der Waals surface area contributed by atoms with Crippen LogP contribution in [0.3, 0.4) is 0 Å². The zero-order chi connectivity index (χ0) is 52.4. The van der Waals surface area contributed by atoms with Gasteiger partial charge in [0.1, 0.15) is 55.4 Å². The number of esters is 2. The summed E-state index contributed by atoms with van der Waals surface area (Å²) in [7, 11) is 0. The first-order valence-electron chi connectivity index (χ1n) is 27.2. The molecule has 5 unspecified atom stereocenters. The van der Waals surface area contributed by atoms with Crippen molar-refractivity contribution >= 4 is 11.9 Å². The van der Waals surface area contributed by atoms with Crippen LogP contribution < -0.4 is 0 Å². The van der Waals surface area contributed by atoms with Crippen molar-refractivity contribution in [3.05, 3.63) is 85.1 Å². The number of unbranched alkanes of at least 4 members (excludes halogenated alkanes) is 16. The van der Waals surface area contributed by atoms with Crippen LogP contribution in [0.2, 0.25) is 0 Å². The first kappa shape index (κ1) is 64.8. The van der Waals surface area contributed by atoms with Crippen molar-refractivity contribution in [1.29, 1.82) is 0 Å². The van der Waals surface area contributed by atoms with E-state index in [1.54, 1.807) is 0 Å². The summed E-state index contributed by atoms with van der Waals surface area (Å²) in [5.41, 5.74) is 0. The number of carbonyl (C=O) groups excluding carboxylic acids is 2. The molecule has 0 spiro atoms. The molecule has 11 atom stereocenters. The summed E-state index contributed by atoms with van der Waals surface area (Å²) < 4.78 is 33.6. The van der Waals surface area contributed by atoms with Crippen molar-refractivity contribution in [2.24, 2.45) is 0 Å². The Kier molecular flexibility index (Phi) is 38.7.